The molecule has 3 aromatic rings. The molecule has 0 radical (unpaired) electrons. The monoisotopic (exact) mass is 429 g/mol. The summed E-state index contributed by atoms with van der Waals surface area (Å²) < 4.78 is 13.6. The molecular weight excluding hydrogens is 416 g/mol. The highest BCUT2D eigenvalue weighted by Gasteiger charge is 2.08. The topological polar surface area (TPSA) is 37.8 Å². The van der Waals surface area contributed by atoms with Crippen LogP contribution in [0, 0.1) is 3.57 Å². The second-order valence-corrected chi connectivity index (χ2v) is 5.78. The zero-order valence-corrected chi connectivity index (χ0v) is 14.6. The lowest BCUT2D eigenvalue weighted by Crippen LogP contribution is -2.06. The summed E-state index contributed by atoms with van der Waals surface area (Å²) in [5.74, 6) is 1.32. The third kappa shape index (κ3) is 3.64. The van der Waals surface area contributed by atoms with Crippen LogP contribution in [-0.4, -0.2) is 23.2 Å². The van der Waals surface area contributed by atoms with E-state index >= 15 is 0 Å². The summed E-state index contributed by atoms with van der Waals surface area (Å²) in [4.78, 5) is 9.14. The van der Waals surface area contributed by atoms with E-state index in [2.05, 4.69) is 37.9 Å². The molecule has 22 heavy (non-hydrogen) atoms. The van der Waals surface area contributed by atoms with Crippen molar-refractivity contribution in [1.29, 1.82) is 0 Å². The van der Waals surface area contributed by atoms with Gasteiger partial charge < -0.3 is 5.32 Å². The zero-order valence-electron chi connectivity index (χ0n) is 11.6. The van der Waals surface area contributed by atoms with Gasteiger partial charge in [0.15, 0.2) is 5.82 Å². The Morgan fingerprint density at radius 1 is 1.00 bits per heavy atom. The van der Waals surface area contributed by atoms with Gasteiger partial charge >= 0.3 is 0 Å². The van der Waals surface area contributed by atoms with Crippen molar-refractivity contribution < 1.29 is 4.39 Å². The molecule has 1 heterocycles. The van der Waals surface area contributed by atoms with Crippen molar-refractivity contribution in [1.82, 2.24) is 9.97 Å². The van der Waals surface area contributed by atoms with Gasteiger partial charge in [0.1, 0.15) is 12.5 Å². The Morgan fingerprint density at radius 2 is 1.73 bits per heavy atom. The summed E-state index contributed by atoms with van der Waals surface area (Å²) in [6.07, 6.45) is 0. The second-order valence-electron chi connectivity index (χ2n) is 4.54. The summed E-state index contributed by atoms with van der Waals surface area (Å²) in [7, 11) is 0. The molecule has 0 aliphatic carbocycles. The molecule has 1 N–H and O–H groups in total. The number of halogens is 3. The van der Waals surface area contributed by atoms with Crippen molar-refractivity contribution in [2.45, 2.75) is 0 Å². The molecule has 0 saturated carbocycles. The number of hydrogen-bond donors (Lipinski definition) is 1. The van der Waals surface area contributed by atoms with Crippen LogP contribution >= 0.6 is 35.0 Å². The van der Waals surface area contributed by atoms with Crippen molar-refractivity contribution in [3.63, 3.8) is 0 Å². The lowest BCUT2D eigenvalue weighted by molar-refractivity contribution is 0.512. The van der Waals surface area contributed by atoms with Crippen LogP contribution in [0.1, 0.15) is 0 Å². The van der Waals surface area contributed by atoms with Crippen molar-refractivity contribution in [3.05, 3.63) is 52.1 Å². The predicted octanol–water partition coefficient (Wildman–Crippen LogP) is 4.70. The first-order chi connectivity index (χ1) is 10.3. The molecule has 0 aliphatic rings. The fourth-order valence-corrected chi connectivity index (χ4v) is 2.46. The molecular formula is C16H14ClFIN3. The summed E-state index contributed by atoms with van der Waals surface area (Å²) in [5, 5.41) is 3.93. The van der Waals surface area contributed by atoms with Gasteiger partial charge in [-0.2, -0.15) is 0 Å². The molecule has 0 atom stereocenters. The number of anilines is 1. The van der Waals surface area contributed by atoms with Gasteiger partial charge in [-0.3, -0.25) is 0 Å². The second kappa shape index (κ2) is 7.69. The van der Waals surface area contributed by atoms with Crippen LogP contribution in [0.15, 0.2) is 48.5 Å². The number of para-hydroxylation sites is 1. The minimum absolute atomic E-state index is 0. The fourth-order valence-electron chi connectivity index (χ4n) is 2.11. The average molecular weight is 430 g/mol. The molecule has 0 fully saturated rings. The number of nitrogens with one attached hydrogen (secondary N) is 1. The molecule has 0 bridgehead atoms. The standard InChI is InChI=1S/C16H13FIN3.ClH/c17-9-10-19-16-13-3-1-2-4-14(13)20-15(21-16)11-5-7-12(18)8-6-11;/h1-8H,9-10H2,(H,19,20,21);1H. The number of hydrogen-bond acceptors (Lipinski definition) is 3. The molecule has 1 aromatic heterocycles. The average Bonchev–Trinajstić information content (AvgIpc) is 2.53. The first-order valence-corrected chi connectivity index (χ1v) is 7.68. The van der Waals surface area contributed by atoms with Crippen LogP contribution in [0.25, 0.3) is 22.3 Å². The first kappa shape index (κ1) is 16.9. The summed E-state index contributed by atoms with van der Waals surface area (Å²) in [6, 6.07) is 15.8. The smallest absolute Gasteiger partial charge is 0.162 e. The van der Waals surface area contributed by atoms with Gasteiger partial charge in [0.25, 0.3) is 0 Å². The van der Waals surface area contributed by atoms with Gasteiger partial charge in [0.2, 0.25) is 0 Å². The quantitative estimate of drug-likeness (QED) is 0.611. The van der Waals surface area contributed by atoms with E-state index in [1.807, 2.05) is 48.5 Å². The van der Waals surface area contributed by atoms with Crippen LogP contribution in [0.3, 0.4) is 0 Å². The van der Waals surface area contributed by atoms with Crippen molar-refractivity contribution in [2.24, 2.45) is 0 Å². The Morgan fingerprint density at radius 3 is 2.45 bits per heavy atom. The number of fused-ring (bicyclic) bond motifs is 1. The lowest BCUT2D eigenvalue weighted by Gasteiger charge is -2.10. The van der Waals surface area contributed by atoms with Crippen LogP contribution < -0.4 is 5.32 Å². The third-order valence-corrected chi connectivity index (χ3v) is 3.81. The van der Waals surface area contributed by atoms with Gasteiger partial charge in [-0.1, -0.05) is 24.3 Å². The van der Waals surface area contributed by atoms with Gasteiger partial charge in [0.05, 0.1) is 5.52 Å². The van der Waals surface area contributed by atoms with E-state index in [1.165, 1.54) is 0 Å². The lowest BCUT2D eigenvalue weighted by atomic mass is 10.2. The van der Waals surface area contributed by atoms with Crippen LogP contribution in [0.5, 0.6) is 0 Å². The van der Waals surface area contributed by atoms with E-state index in [0.29, 0.717) is 11.6 Å². The maximum atomic E-state index is 12.4. The minimum Gasteiger partial charge on any atom is -0.367 e. The van der Waals surface area contributed by atoms with Crippen molar-refractivity contribution in [2.75, 3.05) is 18.5 Å². The molecule has 3 nitrogen and oxygen atoms in total. The summed E-state index contributed by atoms with van der Waals surface area (Å²) >= 11 is 2.26. The van der Waals surface area contributed by atoms with Crippen LogP contribution in [0.4, 0.5) is 10.2 Å². The molecule has 0 amide bonds. The number of aromatic nitrogens is 2. The van der Waals surface area contributed by atoms with E-state index in [9.17, 15) is 4.39 Å². The molecule has 114 valence electrons. The highest BCUT2D eigenvalue weighted by atomic mass is 127. The Balaban J connectivity index is 0.00000176. The Hall–Kier alpha value is -1.47. The zero-order chi connectivity index (χ0) is 14.7. The summed E-state index contributed by atoms with van der Waals surface area (Å²) in [5.41, 5.74) is 1.80. The predicted molar refractivity (Wildman–Crippen MR) is 99.4 cm³/mol. The van der Waals surface area contributed by atoms with Crippen LogP contribution in [-0.2, 0) is 0 Å². The number of rotatable bonds is 4. The van der Waals surface area contributed by atoms with E-state index in [0.717, 1.165) is 20.0 Å². The number of benzene rings is 2. The fraction of sp³-hybridized carbons (Fsp3) is 0.125. The Labute approximate surface area is 147 Å². The molecule has 0 spiro atoms. The number of nitrogens with zero attached hydrogens (tertiary/aromatic N) is 2. The first-order valence-electron chi connectivity index (χ1n) is 6.60. The van der Waals surface area contributed by atoms with Crippen molar-refractivity contribution >= 4 is 51.7 Å². The van der Waals surface area contributed by atoms with Gasteiger partial charge in [-0.25, -0.2) is 14.4 Å². The molecule has 3 rings (SSSR count). The number of alkyl halides is 1. The van der Waals surface area contributed by atoms with E-state index in [1.54, 1.807) is 0 Å². The van der Waals surface area contributed by atoms with E-state index in [4.69, 9.17) is 0 Å². The minimum atomic E-state index is -0.433. The van der Waals surface area contributed by atoms with Crippen LogP contribution in [0.2, 0.25) is 0 Å². The Bertz CT molecular complexity index is 765. The highest BCUT2D eigenvalue weighted by molar-refractivity contribution is 14.1. The molecule has 6 heteroatoms. The third-order valence-electron chi connectivity index (χ3n) is 3.09. The van der Waals surface area contributed by atoms with E-state index in [-0.39, 0.29) is 19.0 Å². The molecule has 0 unspecified atom stereocenters. The summed E-state index contributed by atoms with van der Waals surface area (Å²) in [6.45, 7) is -0.190. The normalized spacial score (nSPS) is 10.3. The molecule has 0 saturated heterocycles. The molecule has 0 aliphatic heterocycles. The van der Waals surface area contributed by atoms with Gasteiger partial charge in [-0.05, 0) is 46.9 Å². The SMILES string of the molecule is Cl.FCCNc1nc(-c2ccc(I)cc2)nc2ccccc12. The van der Waals surface area contributed by atoms with Crippen molar-refractivity contribution in [3.8, 4) is 11.4 Å². The molecule has 2 aromatic carbocycles. The maximum Gasteiger partial charge on any atom is 0.162 e. The van der Waals surface area contributed by atoms with E-state index < -0.39 is 6.67 Å². The van der Waals surface area contributed by atoms with Gasteiger partial charge in [-0.15, -0.1) is 12.4 Å². The largest absolute Gasteiger partial charge is 0.367 e. The van der Waals surface area contributed by atoms with Gasteiger partial charge in [0, 0.05) is 21.1 Å². The highest BCUT2D eigenvalue weighted by Crippen LogP contribution is 2.25. The Kier molecular flexibility index (Phi) is 5.90. The maximum absolute atomic E-state index is 12.4.